The zero-order chi connectivity index (χ0) is 13.9. The summed E-state index contributed by atoms with van der Waals surface area (Å²) in [6.45, 7) is 0. The van der Waals surface area contributed by atoms with Gasteiger partial charge in [0, 0.05) is 0 Å². The number of H-pyrrole nitrogens is 1. The van der Waals surface area contributed by atoms with Crippen LogP contribution in [0.2, 0.25) is 0 Å². The molecule has 6 heteroatoms. The number of nitrogens with one attached hydrogen (secondary N) is 1. The number of aliphatic carboxylic acids is 1. The summed E-state index contributed by atoms with van der Waals surface area (Å²) in [4.78, 5) is 26.7. The van der Waals surface area contributed by atoms with Crippen molar-refractivity contribution in [3.8, 4) is 0 Å². The highest BCUT2D eigenvalue weighted by atomic mass is 16.4. The van der Waals surface area contributed by atoms with Crippen LogP contribution < -0.4 is 0 Å². The second kappa shape index (κ2) is 5.08. The van der Waals surface area contributed by atoms with Gasteiger partial charge in [0.25, 0.3) is 0 Å². The van der Waals surface area contributed by atoms with Gasteiger partial charge in [-0.15, -0.1) is 0 Å². The van der Waals surface area contributed by atoms with Gasteiger partial charge in [0.1, 0.15) is 17.3 Å². The zero-order valence-corrected chi connectivity index (χ0v) is 10.5. The predicted molar refractivity (Wildman–Crippen MR) is 72.2 cm³/mol. The molecule has 0 saturated heterocycles. The minimum Gasteiger partial charge on any atom is -0.481 e. The van der Waals surface area contributed by atoms with E-state index < -0.39 is 11.9 Å². The number of aromatic amines is 1. The van der Waals surface area contributed by atoms with Gasteiger partial charge in [-0.25, -0.2) is 15.0 Å². The Morgan fingerprint density at radius 2 is 2.05 bits per heavy atom. The highest BCUT2D eigenvalue weighted by Gasteiger charge is 2.23. The molecule has 0 aliphatic heterocycles. The number of carboxylic acids is 1. The number of carboxylic acid groups (broad SMARTS) is 1. The number of carbonyl (C=O) groups is 1. The molecule has 20 heavy (non-hydrogen) atoms. The molecule has 0 amide bonds. The largest absolute Gasteiger partial charge is 0.481 e. The summed E-state index contributed by atoms with van der Waals surface area (Å²) < 4.78 is 0. The first kappa shape index (κ1) is 12.3. The van der Waals surface area contributed by atoms with Gasteiger partial charge in [-0.2, -0.15) is 0 Å². The number of hydrogen-bond acceptors (Lipinski definition) is 4. The highest BCUT2D eigenvalue weighted by molar-refractivity contribution is 5.76. The summed E-state index contributed by atoms with van der Waals surface area (Å²) in [5, 5.41) is 9.40. The Bertz CT molecular complexity index is 739. The van der Waals surface area contributed by atoms with Crippen LogP contribution in [0.5, 0.6) is 0 Å². The topological polar surface area (TPSA) is 91.8 Å². The summed E-state index contributed by atoms with van der Waals surface area (Å²) in [5.41, 5.74) is 2.11. The lowest BCUT2D eigenvalue weighted by Crippen LogP contribution is -2.17. The molecule has 0 saturated carbocycles. The first-order valence-corrected chi connectivity index (χ1v) is 6.17. The molecule has 2 aromatic heterocycles. The molecular weight excluding hydrogens is 256 g/mol. The van der Waals surface area contributed by atoms with Crippen molar-refractivity contribution in [2.75, 3.05) is 0 Å². The fourth-order valence-corrected chi connectivity index (χ4v) is 2.06. The maximum absolute atomic E-state index is 11.5. The van der Waals surface area contributed by atoms with Crippen LogP contribution in [0.1, 0.15) is 17.3 Å². The van der Waals surface area contributed by atoms with Crippen molar-refractivity contribution in [3.63, 3.8) is 0 Å². The van der Waals surface area contributed by atoms with E-state index in [2.05, 4.69) is 19.9 Å². The molecule has 1 atom stereocenters. The SMILES string of the molecule is O=C(O)C(Cc1ccccc1)c1ncc2nc[nH]c2n1. The van der Waals surface area contributed by atoms with Crippen molar-refractivity contribution in [2.45, 2.75) is 12.3 Å². The first-order valence-electron chi connectivity index (χ1n) is 6.17. The molecule has 2 heterocycles. The van der Waals surface area contributed by atoms with Gasteiger partial charge in [-0.1, -0.05) is 30.3 Å². The number of nitrogens with zero attached hydrogens (tertiary/aromatic N) is 3. The molecule has 0 aliphatic carbocycles. The van der Waals surface area contributed by atoms with Crippen LogP contribution in [0, 0.1) is 0 Å². The van der Waals surface area contributed by atoms with Crippen LogP contribution >= 0.6 is 0 Å². The van der Waals surface area contributed by atoms with E-state index in [1.807, 2.05) is 30.3 Å². The van der Waals surface area contributed by atoms with E-state index in [1.165, 1.54) is 12.5 Å². The summed E-state index contributed by atoms with van der Waals surface area (Å²) in [5.74, 6) is -1.42. The third-order valence-electron chi connectivity index (χ3n) is 3.09. The molecule has 0 radical (unpaired) electrons. The smallest absolute Gasteiger partial charge is 0.314 e. The number of aromatic nitrogens is 4. The van der Waals surface area contributed by atoms with Crippen LogP contribution in [-0.2, 0) is 11.2 Å². The van der Waals surface area contributed by atoms with Gasteiger partial charge in [-0.3, -0.25) is 4.79 Å². The van der Waals surface area contributed by atoms with Crippen molar-refractivity contribution in [2.24, 2.45) is 0 Å². The second-order valence-corrected chi connectivity index (χ2v) is 4.45. The molecular formula is C14H12N4O2. The lowest BCUT2D eigenvalue weighted by molar-refractivity contribution is -0.138. The van der Waals surface area contributed by atoms with Gasteiger partial charge in [0.2, 0.25) is 0 Å². The molecule has 100 valence electrons. The maximum atomic E-state index is 11.5. The minimum absolute atomic E-state index is 0.290. The van der Waals surface area contributed by atoms with E-state index >= 15 is 0 Å². The molecule has 0 bridgehead atoms. The lowest BCUT2D eigenvalue weighted by Gasteiger charge is -2.10. The van der Waals surface area contributed by atoms with Crippen molar-refractivity contribution >= 4 is 17.1 Å². The van der Waals surface area contributed by atoms with E-state index in [9.17, 15) is 9.90 Å². The number of benzene rings is 1. The highest BCUT2D eigenvalue weighted by Crippen LogP contribution is 2.19. The molecule has 0 fully saturated rings. The zero-order valence-electron chi connectivity index (χ0n) is 10.5. The van der Waals surface area contributed by atoms with E-state index in [0.29, 0.717) is 17.6 Å². The van der Waals surface area contributed by atoms with Gasteiger partial charge in [-0.05, 0) is 12.0 Å². The molecule has 1 aromatic carbocycles. The second-order valence-electron chi connectivity index (χ2n) is 4.45. The van der Waals surface area contributed by atoms with Crippen LogP contribution in [0.15, 0.2) is 42.9 Å². The summed E-state index contributed by atoms with van der Waals surface area (Å²) in [6.07, 6.45) is 3.40. The predicted octanol–water partition coefficient (Wildman–Crippen LogP) is 1.76. The normalized spacial score (nSPS) is 12.4. The molecule has 1 unspecified atom stereocenters. The molecule has 6 nitrogen and oxygen atoms in total. The van der Waals surface area contributed by atoms with Crippen molar-refractivity contribution < 1.29 is 9.90 Å². The third kappa shape index (κ3) is 2.35. The minimum atomic E-state index is -0.937. The van der Waals surface area contributed by atoms with E-state index in [1.54, 1.807) is 0 Å². The van der Waals surface area contributed by atoms with E-state index in [4.69, 9.17) is 0 Å². The molecule has 3 aromatic rings. The Hall–Kier alpha value is -2.76. The van der Waals surface area contributed by atoms with Gasteiger partial charge < -0.3 is 10.1 Å². The molecule has 0 spiro atoms. The van der Waals surface area contributed by atoms with E-state index in [-0.39, 0.29) is 5.82 Å². The van der Waals surface area contributed by atoms with Gasteiger partial charge in [0.15, 0.2) is 5.65 Å². The fourth-order valence-electron chi connectivity index (χ4n) is 2.06. The summed E-state index contributed by atoms with van der Waals surface area (Å²) in [6, 6.07) is 9.45. The van der Waals surface area contributed by atoms with Crippen molar-refractivity contribution in [1.82, 2.24) is 19.9 Å². The first-order chi connectivity index (χ1) is 9.74. The van der Waals surface area contributed by atoms with Crippen molar-refractivity contribution in [3.05, 3.63) is 54.2 Å². The number of hydrogen-bond donors (Lipinski definition) is 2. The van der Waals surface area contributed by atoms with Crippen LogP contribution in [0.3, 0.4) is 0 Å². The Kier molecular flexibility index (Phi) is 3.12. The Labute approximate surface area is 114 Å². The monoisotopic (exact) mass is 268 g/mol. The molecule has 3 rings (SSSR count). The third-order valence-corrected chi connectivity index (χ3v) is 3.09. The molecule has 0 aliphatic rings. The van der Waals surface area contributed by atoms with E-state index in [0.717, 1.165) is 5.56 Å². The Morgan fingerprint density at radius 3 is 2.80 bits per heavy atom. The Balaban J connectivity index is 1.95. The quantitative estimate of drug-likeness (QED) is 0.752. The standard InChI is InChI=1S/C14H12N4O2/c19-14(20)10(6-9-4-2-1-3-5-9)12-15-7-11-13(18-12)17-8-16-11/h1-5,7-8,10H,6H2,(H,19,20)(H,15,16,17,18). The average Bonchev–Trinajstić information content (AvgIpc) is 2.93. The Morgan fingerprint density at radius 1 is 1.25 bits per heavy atom. The molecule has 2 N–H and O–H groups in total. The number of imidazole rings is 1. The van der Waals surface area contributed by atoms with Crippen molar-refractivity contribution in [1.29, 1.82) is 0 Å². The average molecular weight is 268 g/mol. The maximum Gasteiger partial charge on any atom is 0.314 e. The number of rotatable bonds is 4. The van der Waals surface area contributed by atoms with Crippen LogP contribution in [0.25, 0.3) is 11.2 Å². The summed E-state index contributed by atoms with van der Waals surface area (Å²) in [7, 11) is 0. The summed E-state index contributed by atoms with van der Waals surface area (Å²) >= 11 is 0. The van der Waals surface area contributed by atoms with Crippen LogP contribution in [0.4, 0.5) is 0 Å². The number of fused-ring (bicyclic) bond motifs is 1. The fraction of sp³-hybridized carbons (Fsp3) is 0.143. The van der Waals surface area contributed by atoms with Gasteiger partial charge in [0.05, 0.1) is 12.5 Å². The van der Waals surface area contributed by atoms with Gasteiger partial charge >= 0.3 is 5.97 Å². The van der Waals surface area contributed by atoms with Crippen LogP contribution in [-0.4, -0.2) is 31.0 Å². The lowest BCUT2D eigenvalue weighted by atomic mass is 9.98.